The average molecular weight is 342 g/mol. The zero-order valence-corrected chi connectivity index (χ0v) is 14.4. The van der Waals surface area contributed by atoms with Crippen molar-refractivity contribution in [3.63, 3.8) is 0 Å². The Labute approximate surface area is 147 Å². The first kappa shape index (κ1) is 16.6. The summed E-state index contributed by atoms with van der Waals surface area (Å²) in [6, 6.07) is 15.6. The monoisotopic (exact) mass is 341 g/mol. The van der Waals surface area contributed by atoms with Gasteiger partial charge in [0, 0.05) is 17.6 Å². The summed E-state index contributed by atoms with van der Waals surface area (Å²) in [5, 5.41) is 0.648. The minimum Gasteiger partial charge on any atom is -0.497 e. The molecule has 1 aliphatic heterocycles. The molecule has 0 N–H and O–H groups in total. The molecule has 0 bridgehead atoms. The number of halogens is 1. The van der Waals surface area contributed by atoms with E-state index in [9.17, 15) is 4.79 Å². The number of methoxy groups -OCH3 is 1. The summed E-state index contributed by atoms with van der Waals surface area (Å²) < 4.78 is 5.20. The molecule has 0 aliphatic carbocycles. The molecule has 124 valence electrons. The van der Waals surface area contributed by atoms with Crippen molar-refractivity contribution in [3.8, 4) is 5.75 Å². The molecule has 1 atom stereocenters. The van der Waals surface area contributed by atoms with Crippen LogP contribution in [0.15, 0.2) is 54.6 Å². The van der Waals surface area contributed by atoms with E-state index in [0.29, 0.717) is 5.02 Å². The van der Waals surface area contributed by atoms with E-state index < -0.39 is 0 Å². The van der Waals surface area contributed by atoms with Crippen molar-refractivity contribution in [2.45, 2.75) is 18.9 Å². The first-order valence-corrected chi connectivity index (χ1v) is 8.44. The van der Waals surface area contributed by atoms with Crippen LogP contribution in [0.4, 0.5) is 0 Å². The van der Waals surface area contributed by atoms with Crippen LogP contribution in [-0.2, 0) is 4.79 Å². The first-order chi connectivity index (χ1) is 11.7. The summed E-state index contributed by atoms with van der Waals surface area (Å²) in [6.45, 7) is 0.780. The Bertz CT molecular complexity index is 740. The molecule has 1 aliphatic rings. The lowest BCUT2D eigenvalue weighted by Crippen LogP contribution is -2.28. The van der Waals surface area contributed by atoms with Crippen LogP contribution in [0.25, 0.3) is 6.08 Å². The molecular formula is C20H20ClNO2. The van der Waals surface area contributed by atoms with Crippen LogP contribution in [0.5, 0.6) is 5.75 Å². The Morgan fingerprint density at radius 1 is 1.21 bits per heavy atom. The number of hydrogen-bond acceptors (Lipinski definition) is 2. The Morgan fingerprint density at radius 3 is 2.67 bits per heavy atom. The molecule has 3 rings (SSSR count). The molecular weight excluding hydrogens is 322 g/mol. The fraction of sp³-hybridized carbons (Fsp3) is 0.250. The van der Waals surface area contributed by atoms with Gasteiger partial charge < -0.3 is 9.64 Å². The number of hydrogen-bond donors (Lipinski definition) is 0. The quantitative estimate of drug-likeness (QED) is 0.753. The maximum absolute atomic E-state index is 12.6. The van der Waals surface area contributed by atoms with Crippen molar-refractivity contribution in [3.05, 3.63) is 70.8 Å². The summed E-state index contributed by atoms with van der Waals surface area (Å²) in [5.74, 6) is 0.849. The van der Waals surface area contributed by atoms with Gasteiger partial charge >= 0.3 is 0 Å². The van der Waals surface area contributed by atoms with Crippen molar-refractivity contribution < 1.29 is 9.53 Å². The molecule has 0 spiro atoms. The minimum atomic E-state index is 0.0215. The lowest BCUT2D eigenvalue weighted by molar-refractivity contribution is -0.126. The molecule has 0 aromatic heterocycles. The Balaban J connectivity index is 1.74. The van der Waals surface area contributed by atoms with Gasteiger partial charge in [-0.15, -0.1) is 0 Å². The van der Waals surface area contributed by atoms with E-state index in [1.54, 1.807) is 19.3 Å². The van der Waals surface area contributed by atoms with Crippen LogP contribution in [0, 0.1) is 0 Å². The van der Waals surface area contributed by atoms with Crippen LogP contribution in [0.1, 0.15) is 30.0 Å². The zero-order chi connectivity index (χ0) is 16.9. The normalized spacial score (nSPS) is 17.4. The third-order valence-corrected chi connectivity index (χ3v) is 4.69. The molecule has 2 aromatic carbocycles. The standard InChI is InChI=1S/C20H20ClNO2/c1-24-17-11-8-16(9-12-17)19-7-4-14-22(19)20(23)13-10-15-5-2-3-6-18(15)21/h2-3,5-6,8-13,19H,4,7,14H2,1H3/b13-10+. The van der Waals surface area contributed by atoms with E-state index in [1.807, 2.05) is 53.4 Å². The van der Waals surface area contributed by atoms with Crippen LogP contribution < -0.4 is 4.74 Å². The molecule has 1 heterocycles. The molecule has 0 saturated carbocycles. The third-order valence-electron chi connectivity index (χ3n) is 4.35. The lowest BCUT2D eigenvalue weighted by Gasteiger charge is -2.24. The van der Waals surface area contributed by atoms with E-state index in [0.717, 1.165) is 36.3 Å². The smallest absolute Gasteiger partial charge is 0.247 e. The van der Waals surface area contributed by atoms with Gasteiger partial charge in [-0.3, -0.25) is 4.79 Å². The van der Waals surface area contributed by atoms with Crippen LogP contribution in [-0.4, -0.2) is 24.5 Å². The van der Waals surface area contributed by atoms with Crippen LogP contribution in [0.3, 0.4) is 0 Å². The fourth-order valence-electron chi connectivity index (χ4n) is 3.07. The summed E-state index contributed by atoms with van der Waals surface area (Å²) in [5.41, 5.74) is 2.00. The number of likely N-dealkylation sites (tertiary alicyclic amines) is 1. The van der Waals surface area contributed by atoms with E-state index in [2.05, 4.69) is 0 Å². The van der Waals surface area contributed by atoms with Gasteiger partial charge in [-0.05, 0) is 48.2 Å². The zero-order valence-electron chi connectivity index (χ0n) is 13.6. The van der Waals surface area contributed by atoms with Gasteiger partial charge in [0.25, 0.3) is 0 Å². The molecule has 2 aromatic rings. The number of carbonyl (C=O) groups is 1. The van der Waals surface area contributed by atoms with Gasteiger partial charge in [0.1, 0.15) is 5.75 Å². The van der Waals surface area contributed by atoms with Crippen molar-refractivity contribution in [1.29, 1.82) is 0 Å². The molecule has 3 nitrogen and oxygen atoms in total. The topological polar surface area (TPSA) is 29.5 Å². The number of rotatable bonds is 4. The lowest BCUT2D eigenvalue weighted by atomic mass is 10.0. The van der Waals surface area contributed by atoms with E-state index in [1.165, 1.54) is 0 Å². The van der Waals surface area contributed by atoms with Crippen LogP contribution >= 0.6 is 11.6 Å². The van der Waals surface area contributed by atoms with Gasteiger partial charge in [-0.1, -0.05) is 41.9 Å². The molecule has 1 fully saturated rings. The van der Waals surface area contributed by atoms with E-state index in [4.69, 9.17) is 16.3 Å². The molecule has 4 heteroatoms. The van der Waals surface area contributed by atoms with Gasteiger partial charge in [0.05, 0.1) is 13.2 Å². The van der Waals surface area contributed by atoms with Crippen molar-refractivity contribution >= 4 is 23.6 Å². The van der Waals surface area contributed by atoms with Gasteiger partial charge in [-0.2, -0.15) is 0 Å². The van der Waals surface area contributed by atoms with E-state index >= 15 is 0 Å². The molecule has 1 amide bonds. The van der Waals surface area contributed by atoms with Gasteiger partial charge in [0.15, 0.2) is 0 Å². The predicted molar refractivity (Wildman–Crippen MR) is 97.2 cm³/mol. The van der Waals surface area contributed by atoms with Gasteiger partial charge in [0.2, 0.25) is 5.91 Å². The highest BCUT2D eigenvalue weighted by atomic mass is 35.5. The second-order valence-corrected chi connectivity index (χ2v) is 6.22. The number of nitrogens with zero attached hydrogens (tertiary/aromatic N) is 1. The average Bonchev–Trinajstić information content (AvgIpc) is 3.10. The second-order valence-electron chi connectivity index (χ2n) is 5.82. The number of amides is 1. The third kappa shape index (κ3) is 3.62. The summed E-state index contributed by atoms with van der Waals surface area (Å²) >= 11 is 6.13. The maximum Gasteiger partial charge on any atom is 0.247 e. The summed E-state index contributed by atoms with van der Waals surface area (Å²) in [4.78, 5) is 14.5. The highest BCUT2D eigenvalue weighted by molar-refractivity contribution is 6.32. The highest BCUT2D eigenvalue weighted by Crippen LogP contribution is 2.33. The number of benzene rings is 2. The van der Waals surface area contributed by atoms with Crippen molar-refractivity contribution in [2.75, 3.05) is 13.7 Å². The van der Waals surface area contributed by atoms with Crippen LogP contribution in [0.2, 0.25) is 5.02 Å². The molecule has 1 unspecified atom stereocenters. The first-order valence-electron chi connectivity index (χ1n) is 8.06. The van der Waals surface area contributed by atoms with Gasteiger partial charge in [-0.25, -0.2) is 0 Å². The number of carbonyl (C=O) groups excluding carboxylic acids is 1. The fourth-order valence-corrected chi connectivity index (χ4v) is 3.27. The van der Waals surface area contributed by atoms with Crippen molar-refractivity contribution in [2.24, 2.45) is 0 Å². The maximum atomic E-state index is 12.6. The largest absolute Gasteiger partial charge is 0.497 e. The Kier molecular flexibility index (Phi) is 5.21. The molecule has 0 radical (unpaired) electrons. The summed E-state index contributed by atoms with van der Waals surface area (Å²) in [6.07, 6.45) is 5.40. The molecule has 1 saturated heterocycles. The van der Waals surface area contributed by atoms with Crippen molar-refractivity contribution in [1.82, 2.24) is 4.90 Å². The van der Waals surface area contributed by atoms with E-state index in [-0.39, 0.29) is 11.9 Å². The Hall–Kier alpha value is -2.26. The second kappa shape index (κ2) is 7.54. The SMILES string of the molecule is COc1ccc(C2CCCN2C(=O)/C=C/c2ccccc2Cl)cc1. The minimum absolute atomic E-state index is 0.0215. The predicted octanol–water partition coefficient (Wildman–Crippen LogP) is 4.73. The summed E-state index contributed by atoms with van der Waals surface area (Å²) in [7, 11) is 1.65. The Morgan fingerprint density at radius 2 is 1.96 bits per heavy atom. The number of ether oxygens (including phenoxy) is 1. The molecule has 24 heavy (non-hydrogen) atoms. The highest BCUT2D eigenvalue weighted by Gasteiger charge is 2.28.